The number of nitrogens with zero attached hydrogens (tertiary/aromatic N) is 1. The normalized spacial score (nSPS) is 16.9. The molecule has 1 aliphatic heterocycles. The van der Waals surface area contributed by atoms with Crippen LogP contribution in [0.3, 0.4) is 0 Å². The molecule has 1 atom stereocenters. The maximum atomic E-state index is 13.8. The molecule has 0 amide bonds. The number of aromatic amines is 1. The first-order valence-electron chi connectivity index (χ1n) is 17.2. The van der Waals surface area contributed by atoms with Crippen molar-refractivity contribution >= 4 is 35.1 Å². The van der Waals surface area contributed by atoms with Crippen LogP contribution in [-0.2, 0) is 15.9 Å². The quantitative estimate of drug-likeness (QED) is 0.130. The van der Waals surface area contributed by atoms with E-state index in [1.54, 1.807) is 18.5 Å². The van der Waals surface area contributed by atoms with Crippen molar-refractivity contribution in [3.8, 4) is 17.2 Å². The third-order valence-corrected chi connectivity index (χ3v) is 9.73. The fourth-order valence-electron chi connectivity index (χ4n) is 5.77. The Morgan fingerprint density at radius 3 is 2.16 bits per heavy atom. The summed E-state index contributed by atoms with van der Waals surface area (Å²) in [6.07, 6.45) is 9.73. The predicted molar refractivity (Wildman–Crippen MR) is 181 cm³/mol. The summed E-state index contributed by atoms with van der Waals surface area (Å²) >= 11 is 13.0. The van der Waals surface area contributed by atoms with Crippen LogP contribution in [0, 0.1) is 11.8 Å². The molecule has 50 heavy (non-hydrogen) atoms. The number of piperidine rings is 1. The summed E-state index contributed by atoms with van der Waals surface area (Å²) in [4.78, 5) is 32.3. The Morgan fingerprint density at radius 1 is 0.840 bits per heavy atom. The molecule has 3 aliphatic rings. The number of aromatic nitrogens is 1. The molecule has 13 heteroatoms. The van der Waals surface area contributed by atoms with Gasteiger partial charge in [0.2, 0.25) is 0 Å². The zero-order chi connectivity index (χ0) is 35.0. The van der Waals surface area contributed by atoms with Crippen molar-refractivity contribution in [2.75, 3.05) is 39.5 Å². The number of hydrogen-bond acceptors (Lipinski definition) is 8. The van der Waals surface area contributed by atoms with Gasteiger partial charge in [-0.3, -0.25) is 4.90 Å². The van der Waals surface area contributed by atoms with Crippen LogP contribution in [-0.4, -0.2) is 62.9 Å². The summed E-state index contributed by atoms with van der Waals surface area (Å²) < 4.78 is 54.8. The molecule has 3 fully saturated rings. The highest BCUT2D eigenvalue weighted by Gasteiger charge is 2.28. The van der Waals surface area contributed by atoms with E-state index in [1.807, 2.05) is 0 Å². The number of benzene rings is 2. The van der Waals surface area contributed by atoms with Gasteiger partial charge in [-0.1, -0.05) is 35.7 Å². The minimum absolute atomic E-state index is 0.0448. The lowest BCUT2D eigenvalue weighted by Crippen LogP contribution is -2.33. The zero-order valence-corrected chi connectivity index (χ0v) is 29.2. The Morgan fingerprint density at radius 2 is 1.50 bits per heavy atom. The molecule has 2 heterocycles. The summed E-state index contributed by atoms with van der Waals surface area (Å²) in [6.45, 7) is 0.538. The third kappa shape index (κ3) is 10.2. The average molecular weight is 735 g/mol. The molecule has 0 unspecified atom stereocenters. The molecule has 268 valence electrons. The first-order chi connectivity index (χ1) is 24.2. The molecule has 0 radical (unpaired) electrons. The van der Waals surface area contributed by atoms with E-state index < -0.39 is 24.7 Å². The van der Waals surface area contributed by atoms with Gasteiger partial charge < -0.3 is 23.7 Å². The molecule has 0 bridgehead atoms. The van der Waals surface area contributed by atoms with Gasteiger partial charge in [0, 0.05) is 18.5 Å². The molecular weight excluding hydrogens is 693 g/mol. The molecule has 2 aromatic carbocycles. The number of ether oxygens (including phenoxy) is 5. The van der Waals surface area contributed by atoms with E-state index in [0.717, 1.165) is 51.6 Å². The van der Waals surface area contributed by atoms with E-state index in [1.165, 1.54) is 36.8 Å². The van der Waals surface area contributed by atoms with Gasteiger partial charge in [0.15, 0.2) is 23.9 Å². The third-order valence-electron chi connectivity index (χ3n) is 9.06. The second kappa shape index (κ2) is 17.0. The molecule has 1 saturated heterocycles. The maximum Gasteiger partial charge on any atom is 0.387 e. The second-order valence-electron chi connectivity index (χ2n) is 13.1. The molecular formula is C37H41Cl2F2N2O7+. The molecule has 6 rings (SSSR count). The number of alkyl halides is 2. The van der Waals surface area contributed by atoms with Crippen molar-refractivity contribution in [3.05, 3.63) is 81.1 Å². The van der Waals surface area contributed by atoms with E-state index in [2.05, 4.69) is 9.88 Å². The number of esters is 2. The number of hydrogen-bond donors (Lipinski definition) is 0. The highest BCUT2D eigenvalue weighted by Crippen LogP contribution is 2.38. The van der Waals surface area contributed by atoms with Crippen molar-refractivity contribution in [3.63, 3.8) is 0 Å². The fraction of sp³-hybridized carbons (Fsp3) is 0.486. The second-order valence-corrected chi connectivity index (χ2v) is 13.9. The minimum Gasteiger partial charge on any atom is -0.492 e. The van der Waals surface area contributed by atoms with Crippen LogP contribution < -0.4 is 19.2 Å². The van der Waals surface area contributed by atoms with Crippen LogP contribution in [0.4, 0.5) is 8.78 Å². The SMILES string of the molecule is O=C(O[C@@H](Cc1c(Cl)c[nH+]cc1Cl)c1ccc(OC(F)F)c(OCC2CC2)c1)c1ccc(OCC2CC2)c(C(=O)OCCN2CCCCC2)c1. The predicted octanol–water partition coefficient (Wildman–Crippen LogP) is 7.77. The van der Waals surface area contributed by atoms with Crippen LogP contribution >= 0.6 is 23.2 Å². The number of pyridine rings is 1. The van der Waals surface area contributed by atoms with Crippen LogP contribution in [0.1, 0.15) is 82.9 Å². The number of nitrogens with one attached hydrogen (secondary N) is 1. The largest absolute Gasteiger partial charge is 0.492 e. The lowest BCUT2D eigenvalue weighted by atomic mass is 10.0. The molecule has 2 aliphatic carbocycles. The van der Waals surface area contributed by atoms with Crippen molar-refractivity contribution in [1.82, 2.24) is 4.90 Å². The Bertz CT molecular complexity index is 1630. The summed E-state index contributed by atoms with van der Waals surface area (Å²) in [7, 11) is 0. The fourth-order valence-corrected chi connectivity index (χ4v) is 6.30. The first-order valence-corrected chi connectivity index (χ1v) is 17.9. The highest BCUT2D eigenvalue weighted by molar-refractivity contribution is 6.35. The van der Waals surface area contributed by atoms with E-state index in [0.29, 0.717) is 58.5 Å². The zero-order valence-electron chi connectivity index (χ0n) is 27.6. The molecule has 0 spiro atoms. The van der Waals surface area contributed by atoms with E-state index in [9.17, 15) is 18.4 Å². The molecule has 3 aromatic rings. The van der Waals surface area contributed by atoms with Gasteiger partial charge >= 0.3 is 18.6 Å². The summed E-state index contributed by atoms with van der Waals surface area (Å²) in [6, 6.07) is 8.94. The Hall–Kier alpha value is -3.67. The van der Waals surface area contributed by atoms with Crippen molar-refractivity contribution in [2.24, 2.45) is 11.8 Å². The highest BCUT2D eigenvalue weighted by atomic mass is 35.5. The Balaban J connectivity index is 1.25. The van der Waals surface area contributed by atoms with Gasteiger partial charge in [0.25, 0.3) is 0 Å². The van der Waals surface area contributed by atoms with Crippen LogP contribution in [0.5, 0.6) is 17.2 Å². The van der Waals surface area contributed by atoms with Gasteiger partial charge in [-0.05, 0) is 99.3 Å². The average Bonchev–Trinajstić information content (AvgIpc) is 4.04. The standard InChI is InChI=1S/C37H40Cl2F2N2O7/c38-29-19-42-20-30(39)27(29)18-33(25-8-11-32(50-37(40)41)34(17-25)48-22-24-6-7-24)49-35(44)26-9-10-31(47-21-23-4-5-23)28(16-26)36(45)46-15-14-43-12-2-1-3-13-43/h8-11,16-17,19-20,23-24,33,37H,1-7,12-15,18,21-22H2/p+1/t33-/m0/s1. The van der Waals surface area contributed by atoms with E-state index in [-0.39, 0.29) is 35.7 Å². The molecule has 1 N–H and O–H groups in total. The van der Waals surface area contributed by atoms with Crippen molar-refractivity contribution in [2.45, 2.75) is 64.1 Å². The van der Waals surface area contributed by atoms with Crippen LogP contribution in [0.15, 0.2) is 48.8 Å². The lowest BCUT2D eigenvalue weighted by molar-refractivity contribution is -0.377. The molecule has 2 saturated carbocycles. The maximum absolute atomic E-state index is 13.8. The Kier molecular flexibility index (Phi) is 12.3. The van der Waals surface area contributed by atoms with Gasteiger partial charge in [-0.25, -0.2) is 14.6 Å². The topological polar surface area (TPSA) is 97.7 Å². The first kappa shape index (κ1) is 36.1. The minimum atomic E-state index is -3.06. The summed E-state index contributed by atoms with van der Waals surface area (Å²) in [5.41, 5.74) is 1.16. The van der Waals surface area contributed by atoms with Gasteiger partial charge in [0.05, 0.1) is 18.8 Å². The number of halogens is 4. The smallest absolute Gasteiger partial charge is 0.387 e. The number of carbonyl (C=O) groups excluding carboxylic acids is 2. The lowest BCUT2D eigenvalue weighted by Gasteiger charge is -2.26. The van der Waals surface area contributed by atoms with Gasteiger partial charge in [-0.2, -0.15) is 8.78 Å². The monoisotopic (exact) mass is 733 g/mol. The number of H-pyrrole nitrogens is 1. The molecule has 9 nitrogen and oxygen atoms in total. The van der Waals surface area contributed by atoms with Crippen molar-refractivity contribution < 1.29 is 47.0 Å². The van der Waals surface area contributed by atoms with E-state index >= 15 is 0 Å². The van der Waals surface area contributed by atoms with Crippen molar-refractivity contribution in [1.29, 1.82) is 0 Å². The number of rotatable bonds is 17. The van der Waals surface area contributed by atoms with Gasteiger partial charge in [0.1, 0.15) is 34.1 Å². The summed E-state index contributed by atoms with van der Waals surface area (Å²) in [5.74, 6) is -0.260. The number of likely N-dealkylation sites (tertiary alicyclic amines) is 1. The van der Waals surface area contributed by atoms with Gasteiger partial charge in [-0.15, -0.1) is 0 Å². The van der Waals surface area contributed by atoms with Crippen LogP contribution in [0.2, 0.25) is 10.0 Å². The number of carbonyl (C=O) groups is 2. The van der Waals surface area contributed by atoms with Crippen LogP contribution in [0.25, 0.3) is 0 Å². The Labute approximate surface area is 300 Å². The summed E-state index contributed by atoms with van der Waals surface area (Å²) in [5, 5.41) is 0.626. The van der Waals surface area contributed by atoms with E-state index in [4.69, 9.17) is 46.9 Å². The molecule has 1 aromatic heterocycles.